The van der Waals surface area contributed by atoms with Gasteiger partial charge in [-0.3, -0.25) is 14.6 Å². The van der Waals surface area contributed by atoms with E-state index in [0.29, 0.717) is 19.6 Å². The van der Waals surface area contributed by atoms with Crippen molar-refractivity contribution in [3.05, 3.63) is 71.8 Å². The average molecular weight is 668 g/mol. The Morgan fingerprint density at radius 3 is 1.94 bits per heavy atom. The zero-order chi connectivity index (χ0) is 34.7. The summed E-state index contributed by atoms with van der Waals surface area (Å²) in [6.45, 7) is 18.4. The molecule has 0 bridgehead atoms. The highest BCUT2D eigenvalue weighted by Crippen LogP contribution is 2.22. The van der Waals surface area contributed by atoms with Crippen molar-refractivity contribution in [2.75, 3.05) is 32.7 Å². The number of aromatic nitrogens is 4. The van der Waals surface area contributed by atoms with E-state index < -0.39 is 18.4 Å². The molecule has 0 radical (unpaired) electrons. The number of carbonyl (C=O) groups is 2. The molecule has 0 spiro atoms. The van der Waals surface area contributed by atoms with Crippen LogP contribution in [0.2, 0.25) is 0 Å². The molecule has 2 N–H and O–H groups in total. The number of hydrogen-bond donors (Lipinski definition) is 2. The van der Waals surface area contributed by atoms with E-state index >= 15 is 0 Å². The molecule has 2 unspecified atom stereocenters. The molecule has 3 aromatic rings. The van der Waals surface area contributed by atoms with Gasteiger partial charge in [0.05, 0.1) is 25.1 Å². The van der Waals surface area contributed by atoms with E-state index in [0.717, 1.165) is 70.1 Å². The van der Waals surface area contributed by atoms with Gasteiger partial charge in [-0.25, -0.2) is 14.8 Å². The lowest BCUT2D eigenvalue weighted by Gasteiger charge is -2.27. The summed E-state index contributed by atoms with van der Waals surface area (Å²) in [5.74, 6) is 1.40. The standard InChI is InChI=1S/C36H57N7O5/c1-7-20-41(21-8-2)22-9-10-23-42(24-15-34(44)47-30(6)48-36(45)46-28(3)4)25-31-11-13-32(14-12-31)26-43(27-33-37-16-17-38-33)29(5)35-39-18-19-40-35/h11-14,16-19,28-30H,7-10,15,20-27H2,1-6H3,(H,37,38)(H,39,40). The molecule has 1 aromatic carbocycles. The van der Waals surface area contributed by atoms with Crippen LogP contribution >= 0.6 is 0 Å². The average Bonchev–Trinajstić information content (AvgIpc) is 3.77. The summed E-state index contributed by atoms with van der Waals surface area (Å²) < 4.78 is 15.4. The highest BCUT2D eigenvalue weighted by Gasteiger charge is 2.20. The topological polar surface area (TPSA) is 129 Å². The fraction of sp³-hybridized carbons (Fsp3) is 0.611. The van der Waals surface area contributed by atoms with Gasteiger partial charge >= 0.3 is 12.1 Å². The number of rotatable bonds is 23. The first-order chi connectivity index (χ1) is 23.2. The first-order valence-corrected chi connectivity index (χ1v) is 17.5. The maximum atomic E-state index is 12.7. The van der Waals surface area contributed by atoms with Crippen LogP contribution in [0.1, 0.15) is 102 Å². The number of ether oxygens (including phenoxy) is 3. The minimum atomic E-state index is -1.02. The number of aromatic amines is 2. The Hall–Kier alpha value is -3.74. The van der Waals surface area contributed by atoms with Crippen LogP contribution in [0, 0.1) is 0 Å². The lowest BCUT2D eigenvalue weighted by Crippen LogP contribution is -2.31. The van der Waals surface area contributed by atoms with Gasteiger partial charge in [-0.2, -0.15) is 0 Å². The zero-order valence-electron chi connectivity index (χ0n) is 29.8. The molecule has 0 aliphatic heterocycles. The number of imidazole rings is 2. The lowest BCUT2D eigenvalue weighted by molar-refractivity contribution is -0.168. The third kappa shape index (κ3) is 14.6. The van der Waals surface area contributed by atoms with Crippen molar-refractivity contribution < 1.29 is 23.8 Å². The van der Waals surface area contributed by atoms with E-state index in [-0.39, 0.29) is 18.6 Å². The van der Waals surface area contributed by atoms with E-state index in [1.165, 1.54) is 18.1 Å². The largest absolute Gasteiger partial charge is 0.511 e. The Kier molecular flexibility index (Phi) is 17.2. The van der Waals surface area contributed by atoms with Crippen LogP contribution in [0.15, 0.2) is 49.1 Å². The van der Waals surface area contributed by atoms with Crippen LogP contribution in [-0.4, -0.2) is 91.9 Å². The van der Waals surface area contributed by atoms with Gasteiger partial charge in [0.1, 0.15) is 11.6 Å². The maximum absolute atomic E-state index is 12.7. The van der Waals surface area contributed by atoms with Crippen molar-refractivity contribution in [1.29, 1.82) is 0 Å². The third-order valence-corrected chi connectivity index (χ3v) is 7.99. The fourth-order valence-electron chi connectivity index (χ4n) is 5.61. The molecule has 0 fully saturated rings. The Bertz CT molecular complexity index is 1280. The quantitative estimate of drug-likeness (QED) is 0.0662. The van der Waals surface area contributed by atoms with Gasteiger partial charge in [0.15, 0.2) is 0 Å². The molecular weight excluding hydrogens is 610 g/mol. The molecule has 0 saturated heterocycles. The highest BCUT2D eigenvalue weighted by atomic mass is 16.8. The summed E-state index contributed by atoms with van der Waals surface area (Å²) in [6.07, 6.45) is 9.70. The number of benzene rings is 1. The van der Waals surface area contributed by atoms with Gasteiger partial charge in [-0.05, 0) is 83.8 Å². The SMILES string of the molecule is CCCN(CCC)CCCCN(CCC(=O)OC(C)OC(=O)OC(C)C)Cc1ccc(CN(Cc2ncc[nH]2)C(C)c2ncc[nH]2)cc1. The monoisotopic (exact) mass is 667 g/mol. The second kappa shape index (κ2) is 21.3. The molecule has 2 atom stereocenters. The summed E-state index contributed by atoms with van der Waals surface area (Å²) in [5, 5.41) is 0. The molecule has 2 heterocycles. The number of carbonyl (C=O) groups excluding carboxylic acids is 2. The smallest absolute Gasteiger partial charge is 0.431 e. The van der Waals surface area contributed by atoms with Gasteiger partial charge < -0.3 is 29.1 Å². The van der Waals surface area contributed by atoms with Gasteiger partial charge in [0.25, 0.3) is 0 Å². The van der Waals surface area contributed by atoms with Crippen molar-refractivity contribution in [2.24, 2.45) is 0 Å². The zero-order valence-corrected chi connectivity index (χ0v) is 29.8. The highest BCUT2D eigenvalue weighted by molar-refractivity contribution is 5.70. The van der Waals surface area contributed by atoms with E-state index in [2.05, 4.69) is 79.7 Å². The predicted octanol–water partition coefficient (Wildman–Crippen LogP) is 6.44. The minimum absolute atomic E-state index is 0.0690. The van der Waals surface area contributed by atoms with Gasteiger partial charge in [-0.15, -0.1) is 0 Å². The van der Waals surface area contributed by atoms with Crippen molar-refractivity contribution in [2.45, 2.75) is 112 Å². The Morgan fingerprint density at radius 1 is 0.729 bits per heavy atom. The third-order valence-electron chi connectivity index (χ3n) is 7.99. The molecule has 0 aliphatic rings. The summed E-state index contributed by atoms with van der Waals surface area (Å²) in [4.78, 5) is 47.0. The van der Waals surface area contributed by atoms with E-state index in [1.54, 1.807) is 26.2 Å². The summed E-state index contributed by atoms with van der Waals surface area (Å²) >= 11 is 0. The molecular formula is C36H57N7O5. The van der Waals surface area contributed by atoms with Crippen LogP contribution < -0.4 is 0 Å². The minimum Gasteiger partial charge on any atom is -0.431 e. The molecule has 266 valence electrons. The van der Waals surface area contributed by atoms with Crippen molar-refractivity contribution >= 4 is 12.1 Å². The van der Waals surface area contributed by atoms with E-state index in [4.69, 9.17) is 14.2 Å². The van der Waals surface area contributed by atoms with Crippen LogP contribution in [-0.2, 0) is 38.6 Å². The van der Waals surface area contributed by atoms with Gasteiger partial charge in [0.2, 0.25) is 6.29 Å². The molecule has 2 aromatic heterocycles. The van der Waals surface area contributed by atoms with Crippen molar-refractivity contribution in [1.82, 2.24) is 34.6 Å². The molecule has 0 saturated carbocycles. The van der Waals surface area contributed by atoms with Crippen molar-refractivity contribution in [3.63, 3.8) is 0 Å². The maximum Gasteiger partial charge on any atom is 0.511 e. The number of nitrogens with zero attached hydrogens (tertiary/aromatic N) is 5. The first kappa shape index (κ1) is 38.7. The first-order valence-electron chi connectivity index (χ1n) is 17.5. The molecule has 3 rings (SSSR count). The number of hydrogen-bond acceptors (Lipinski definition) is 10. The van der Waals surface area contributed by atoms with Gasteiger partial charge in [0, 0.05) is 51.3 Å². The normalized spacial score (nSPS) is 13.0. The van der Waals surface area contributed by atoms with Crippen LogP contribution in [0.4, 0.5) is 4.79 Å². The van der Waals surface area contributed by atoms with Crippen molar-refractivity contribution in [3.8, 4) is 0 Å². The van der Waals surface area contributed by atoms with Gasteiger partial charge in [-0.1, -0.05) is 38.1 Å². The molecule has 12 heteroatoms. The summed E-state index contributed by atoms with van der Waals surface area (Å²) in [6, 6.07) is 8.76. The summed E-state index contributed by atoms with van der Waals surface area (Å²) in [5.41, 5.74) is 2.37. The number of esters is 1. The predicted molar refractivity (Wildman–Crippen MR) is 186 cm³/mol. The number of unbranched alkanes of at least 4 members (excludes halogenated alkanes) is 1. The molecule has 0 amide bonds. The number of nitrogens with one attached hydrogen (secondary N) is 2. The summed E-state index contributed by atoms with van der Waals surface area (Å²) in [7, 11) is 0. The fourth-order valence-corrected chi connectivity index (χ4v) is 5.61. The Balaban J connectivity index is 1.61. The molecule has 0 aliphatic carbocycles. The van der Waals surface area contributed by atoms with Crippen LogP contribution in [0.5, 0.6) is 0 Å². The van der Waals surface area contributed by atoms with E-state index in [9.17, 15) is 9.59 Å². The molecule has 48 heavy (non-hydrogen) atoms. The number of H-pyrrole nitrogens is 2. The second-order valence-electron chi connectivity index (χ2n) is 12.6. The molecule has 12 nitrogen and oxygen atoms in total. The Labute approximate surface area is 286 Å². The van der Waals surface area contributed by atoms with E-state index in [1.807, 2.05) is 12.4 Å². The Morgan fingerprint density at radius 2 is 1.35 bits per heavy atom. The lowest BCUT2D eigenvalue weighted by atomic mass is 10.1. The van der Waals surface area contributed by atoms with Crippen LogP contribution in [0.25, 0.3) is 0 Å². The van der Waals surface area contributed by atoms with Crippen LogP contribution in [0.3, 0.4) is 0 Å². The second-order valence-corrected chi connectivity index (χ2v) is 12.6.